The minimum absolute atomic E-state index is 0.0646. The van der Waals surface area contributed by atoms with Crippen molar-refractivity contribution in [2.45, 2.75) is 84.7 Å². The van der Waals surface area contributed by atoms with Crippen LogP contribution >= 0.6 is 0 Å². The number of rotatable bonds is 12. The van der Waals surface area contributed by atoms with E-state index < -0.39 is 0 Å². The smallest absolute Gasteiger partial charge is 0.0573 e. The van der Waals surface area contributed by atoms with Crippen LogP contribution in [0.5, 0.6) is 0 Å². The highest BCUT2D eigenvalue weighted by molar-refractivity contribution is 6.04. The van der Waals surface area contributed by atoms with Crippen molar-refractivity contribution < 1.29 is 0 Å². The Morgan fingerprint density at radius 3 is 2.49 bits per heavy atom. The summed E-state index contributed by atoms with van der Waals surface area (Å²) >= 11 is 0. The molecule has 2 aliphatic rings. The summed E-state index contributed by atoms with van der Waals surface area (Å²) in [7, 11) is 0. The van der Waals surface area contributed by atoms with Crippen molar-refractivity contribution in [1.82, 2.24) is 15.2 Å². The fourth-order valence-corrected chi connectivity index (χ4v) is 5.09. The van der Waals surface area contributed by atoms with Gasteiger partial charge >= 0.3 is 0 Å². The van der Waals surface area contributed by atoms with Crippen molar-refractivity contribution >= 4 is 5.71 Å². The van der Waals surface area contributed by atoms with Crippen molar-refractivity contribution in [1.29, 1.82) is 0 Å². The fraction of sp³-hybridized carbons (Fsp3) is 0.548. The van der Waals surface area contributed by atoms with Crippen molar-refractivity contribution in [2.24, 2.45) is 4.99 Å². The number of unbranched alkanes of at least 4 members (excludes halogenated alkanes) is 1. The molecular formula is C31H44N4. The van der Waals surface area contributed by atoms with E-state index in [-0.39, 0.29) is 5.41 Å². The maximum Gasteiger partial charge on any atom is 0.0573 e. The van der Waals surface area contributed by atoms with Gasteiger partial charge in [-0.05, 0) is 88.2 Å². The molecule has 4 nitrogen and oxygen atoms in total. The van der Waals surface area contributed by atoms with Gasteiger partial charge in [0.25, 0.3) is 0 Å². The Labute approximate surface area is 213 Å². The summed E-state index contributed by atoms with van der Waals surface area (Å²) in [5, 5.41) is 3.66. The molecule has 1 aromatic heterocycles. The molecule has 0 saturated heterocycles. The number of dihydropyridines is 1. The minimum Gasteiger partial charge on any atom is -0.314 e. The van der Waals surface area contributed by atoms with E-state index in [1.807, 2.05) is 6.20 Å². The number of aryl methyl sites for hydroxylation is 3. The molecule has 0 radical (unpaired) electrons. The maximum atomic E-state index is 5.09. The third-order valence-electron chi connectivity index (χ3n) is 7.52. The SMILES string of the molecule is Cc1ccc(C(C)(C)C2=CCCN=C2CN(CCCCNC2CC2)Cc2ncc(C)cc2C)cc1. The van der Waals surface area contributed by atoms with Gasteiger partial charge in [-0.1, -0.05) is 55.8 Å². The normalized spacial score (nSPS) is 16.4. The van der Waals surface area contributed by atoms with Gasteiger partial charge in [0.05, 0.1) is 11.4 Å². The largest absolute Gasteiger partial charge is 0.314 e. The van der Waals surface area contributed by atoms with Crippen LogP contribution in [0.4, 0.5) is 0 Å². The van der Waals surface area contributed by atoms with E-state index >= 15 is 0 Å². The summed E-state index contributed by atoms with van der Waals surface area (Å²) in [4.78, 5) is 12.5. The first kappa shape index (κ1) is 25.8. The van der Waals surface area contributed by atoms with Gasteiger partial charge in [-0.25, -0.2) is 0 Å². The second kappa shape index (κ2) is 11.6. The second-order valence-electron chi connectivity index (χ2n) is 11.1. The van der Waals surface area contributed by atoms with Gasteiger partial charge < -0.3 is 5.32 Å². The third kappa shape index (κ3) is 7.11. The van der Waals surface area contributed by atoms with Gasteiger partial charge in [-0.15, -0.1) is 0 Å². The average molecular weight is 473 g/mol. The molecular weight excluding hydrogens is 428 g/mol. The van der Waals surface area contributed by atoms with Gasteiger partial charge in [-0.3, -0.25) is 14.9 Å². The van der Waals surface area contributed by atoms with Crippen molar-refractivity contribution in [2.75, 3.05) is 26.2 Å². The van der Waals surface area contributed by atoms with E-state index in [0.717, 1.165) is 45.2 Å². The zero-order chi connectivity index (χ0) is 24.8. The number of pyridine rings is 1. The monoisotopic (exact) mass is 472 g/mol. The summed E-state index contributed by atoms with van der Waals surface area (Å²) in [6.07, 6.45) is 10.6. The first-order valence-corrected chi connectivity index (χ1v) is 13.5. The Balaban J connectivity index is 1.49. The Morgan fingerprint density at radius 2 is 1.77 bits per heavy atom. The molecule has 2 aromatic rings. The average Bonchev–Trinajstić information content (AvgIpc) is 3.65. The van der Waals surface area contributed by atoms with Crippen LogP contribution in [0.2, 0.25) is 0 Å². The maximum absolute atomic E-state index is 5.09. The predicted molar refractivity (Wildman–Crippen MR) is 148 cm³/mol. The molecule has 0 spiro atoms. The van der Waals surface area contributed by atoms with Gasteiger partial charge in [-0.2, -0.15) is 0 Å². The summed E-state index contributed by atoms with van der Waals surface area (Å²) < 4.78 is 0. The molecule has 188 valence electrons. The lowest BCUT2D eigenvalue weighted by atomic mass is 9.74. The molecule has 4 rings (SSSR count). The standard InChI is InChI=1S/C31H44N4/c1-23-10-12-26(13-11-23)31(4,5)28-9-8-17-33-30(28)22-35(18-7-6-16-32-27-14-15-27)21-29-25(3)19-24(2)20-34-29/h9-13,19-20,27,32H,6-8,14-18,21-22H2,1-5H3. The number of hydrogen-bond acceptors (Lipinski definition) is 4. The van der Waals surface area contributed by atoms with Crippen LogP contribution in [0.3, 0.4) is 0 Å². The Hall–Kier alpha value is -2.30. The molecule has 1 aliphatic heterocycles. The molecule has 0 atom stereocenters. The van der Waals surface area contributed by atoms with Crippen molar-refractivity contribution in [3.05, 3.63) is 76.1 Å². The quantitative estimate of drug-likeness (QED) is 0.380. The zero-order valence-corrected chi connectivity index (χ0v) is 22.5. The van der Waals surface area contributed by atoms with E-state index in [0.29, 0.717) is 0 Å². The molecule has 1 aliphatic carbocycles. The first-order chi connectivity index (χ1) is 16.8. The van der Waals surface area contributed by atoms with Gasteiger partial charge in [0.2, 0.25) is 0 Å². The number of benzene rings is 1. The lowest BCUT2D eigenvalue weighted by Crippen LogP contribution is -2.37. The van der Waals surface area contributed by atoms with Crippen molar-refractivity contribution in [3.63, 3.8) is 0 Å². The molecule has 35 heavy (non-hydrogen) atoms. The van der Waals surface area contributed by atoms with E-state index in [1.165, 1.54) is 64.9 Å². The molecule has 0 amide bonds. The van der Waals surface area contributed by atoms with Crippen molar-refractivity contribution in [3.8, 4) is 0 Å². The van der Waals surface area contributed by atoms with E-state index in [4.69, 9.17) is 9.98 Å². The van der Waals surface area contributed by atoms with E-state index in [9.17, 15) is 0 Å². The zero-order valence-electron chi connectivity index (χ0n) is 22.5. The molecule has 0 unspecified atom stereocenters. The number of aliphatic imine (C=N–C) groups is 1. The summed E-state index contributed by atoms with van der Waals surface area (Å²) in [5.74, 6) is 0. The summed E-state index contributed by atoms with van der Waals surface area (Å²) in [6, 6.07) is 12.1. The highest BCUT2D eigenvalue weighted by atomic mass is 15.1. The Morgan fingerprint density at radius 1 is 1.00 bits per heavy atom. The molecule has 1 saturated carbocycles. The highest BCUT2D eigenvalue weighted by Gasteiger charge is 2.31. The molecule has 0 bridgehead atoms. The Bertz CT molecular complexity index is 1040. The molecule has 1 aromatic carbocycles. The number of hydrogen-bond donors (Lipinski definition) is 1. The molecule has 4 heteroatoms. The number of nitrogens with one attached hydrogen (secondary N) is 1. The predicted octanol–water partition coefficient (Wildman–Crippen LogP) is 6.09. The van der Waals surface area contributed by atoms with Gasteiger partial charge in [0.1, 0.15) is 0 Å². The van der Waals surface area contributed by atoms with Crippen LogP contribution in [0.15, 0.2) is 53.2 Å². The highest BCUT2D eigenvalue weighted by Crippen LogP contribution is 2.34. The number of nitrogens with zero attached hydrogens (tertiary/aromatic N) is 3. The molecule has 1 fully saturated rings. The Kier molecular flexibility index (Phi) is 8.56. The topological polar surface area (TPSA) is 40.5 Å². The van der Waals surface area contributed by atoms with Crippen LogP contribution in [-0.2, 0) is 12.0 Å². The van der Waals surface area contributed by atoms with Crippen LogP contribution in [0.25, 0.3) is 0 Å². The lowest BCUT2D eigenvalue weighted by Gasteiger charge is -2.34. The third-order valence-corrected chi connectivity index (χ3v) is 7.52. The van der Waals surface area contributed by atoms with Crippen LogP contribution in [0.1, 0.15) is 73.9 Å². The van der Waals surface area contributed by atoms with Gasteiger partial charge in [0, 0.05) is 37.3 Å². The molecule has 2 heterocycles. The van der Waals surface area contributed by atoms with Gasteiger partial charge in [0.15, 0.2) is 0 Å². The summed E-state index contributed by atoms with van der Waals surface area (Å²) in [6.45, 7) is 16.0. The van der Waals surface area contributed by atoms with E-state index in [2.05, 4.69) is 81.2 Å². The lowest BCUT2D eigenvalue weighted by molar-refractivity contribution is 0.290. The second-order valence-corrected chi connectivity index (χ2v) is 11.1. The van der Waals surface area contributed by atoms with Crippen LogP contribution < -0.4 is 5.32 Å². The van der Waals surface area contributed by atoms with E-state index in [1.54, 1.807) is 0 Å². The first-order valence-electron chi connectivity index (χ1n) is 13.5. The number of aromatic nitrogens is 1. The van der Waals surface area contributed by atoms with Crippen LogP contribution in [-0.4, -0.2) is 47.8 Å². The summed E-state index contributed by atoms with van der Waals surface area (Å²) in [5.41, 5.74) is 8.94. The van der Waals surface area contributed by atoms with Crippen LogP contribution in [0, 0.1) is 20.8 Å². The fourth-order valence-electron chi connectivity index (χ4n) is 5.09. The minimum atomic E-state index is -0.0646. The molecule has 1 N–H and O–H groups in total.